The van der Waals surface area contributed by atoms with Gasteiger partial charge in [0.05, 0.1) is 0 Å². The summed E-state index contributed by atoms with van der Waals surface area (Å²) in [5.41, 5.74) is 2.72. The fourth-order valence-electron chi connectivity index (χ4n) is 3.00. The van der Waals surface area contributed by atoms with E-state index in [9.17, 15) is 9.59 Å². The topological polar surface area (TPSA) is 100 Å². The summed E-state index contributed by atoms with van der Waals surface area (Å²) in [6.07, 6.45) is 5.96. The second-order valence-corrected chi connectivity index (χ2v) is 7.13. The normalized spacial score (nSPS) is 17.6. The fraction of sp³-hybridized carbons (Fsp3) is 0.471. The molecule has 3 heterocycles. The minimum absolute atomic E-state index is 0.0920. The molecule has 1 fully saturated rings. The molecule has 3 rings (SSSR count). The third kappa shape index (κ3) is 5.85. The second-order valence-electron chi connectivity index (χ2n) is 6.30. The highest BCUT2D eigenvalue weighted by Crippen LogP contribution is 2.14. The number of hydrogen-bond donors (Lipinski definition) is 2. The number of hydrogen-bond acceptors (Lipinski definition) is 7. The molecule has 1 aliphatic heterocycles. The molecule has 0 radical (unpaired) electrons. The van der Waals surface area contributed by atoms with Crippen molar-refractivity contribution < 1.29 is 9.59 Å². The molecular weight excluding hydrogens is 352 g/mol. The van der Waals surface area contributed by atoms with Crippen LogP contribution >= 0.6 is 11.3 Å². The molecule has 0 spiro atoms. The number of anilines is 1. The number of amides is 2. The van der Waals surface area contributed by atoms with Crippen molar-refractivity contribution >= 4 is 28.3 Å². The minimum Gasteiger partial charge on any atom is -0.352 e. The van der Waals surface area contributed by atoms with Crippen LogP contribution in [0, 0.1) is 0 Å². The van der Waals surface area contributed by atoms with Crippen LogP contribution in [0.15, 0.2) is 30.0 Å². The average Bonchev–Trinajstić information content (AvgIpc) is 3.14. The molecule has 0 aliphatic carbocycles. The quantitative estimate of drug-likeness (QED) is 0.760. The Bertz CT molecular complexity index is 709. The largest absolute Gasteiger partial charge is 0.352 e. The number of pyridine rings is 1. The van der Waals surface area contributed by atoms with E-state index in [1.54, 1.807) is 11.7 Å². The van der Waals surface area contributed by atoms with Gasteiger partial charge in [-0.1, -0.05) is 17.4 Å². The van der Waals surface area contributed by atoms with Gasteiger partial charge in [0.2, 0.25) is 16.9 Å². The third-order valence-electron chi connectivity index (χ3n) is 4.19. The van der Waals surface area contributed by atoms with Crippen LogP contribution in [0.1, 0.15) is 31.2 Å². The molecule has 1 unspecified atom stereocenters. The van der Waals surface area contributed by atoms with E-state index in [0.29, 0.717) is 5.13 Å². The lowest BCUT2D eigenvalue weighted by molar-refractivity contribution is -0.125. The first-order valence-corrected chi connectivity index (χ1v) is 9.53. The molecule has 1 atom stereocenters. The molecule has 2 amide bonds. The third-order valence-corrected chi connectivity index (χ3v) is 4.79. The van der Waals surface area contributed by atoms with Gasteiger partial charge in [0.15, 0.2) is 0 Å². The number of carbonyl (C=O) groups excluding carboxylic acids is 2. The Hall–Kier alpha value is -2.39. The first-order valence-electron chi connectivity index (χ1n) is 8.65. The maximum atomic E-state index is 12.1. The molecular formula is C17H22N6O2S. The van der Waals surface area contributed by atoms with Crippen LogP contribution in [-0.4, -0.2) is 51.0 Å². The molecule has 9 heteroatoms. The Morgan fingerprint density at radius 2 is 2.19 bits per heavy atom. The maximum absolute atomic E-state index is 12.1. The lowest BCUT2D eigenvalue weighted by atomic mass is 10.0. The number of carbonyl (C=O) groups is 2. The molecule has 26 heavy (non-hydrogen) atoms. The summed E-state index contributed by atoms with van der Waals surface area (Å²) in [6.45, 7) is 2.67. The molecule has 1 saturated heterocycles. The van der Waals surface area contributed by atoms with Gasteiger partial charge in [-0.3, -0.25) is 19.5 Å². The zero-order valence-corrected chi connectivity index (χ0v) is 15.2. The van der Waals surface area contributed by atoms with Gasteiger partial charge >= 0.3 is 0 Å². The van der Waals surface area contributed by atoms with Gasteiger partial charge in [-0.25, -0.2) is 0 Å². The Morgan fingerprint density at radius 1 is 1.31 bits per heavy atom. The van der Waals surface area contributed by atoms with Crippen molar-refractivity contribution in [2.24, 2.45) is 0 Å². The second kappa shape index (κ2) is 9.35. The molecule has 2 aromatic heterocycles. The van der Waals surface area contributed by atoms with Crippen LogP contribution in [0.25, 0.3) is 0 Å². The number of piperidine rings is 1. The number of aromatic nitrogens is 3. The first-order chi connectivity index (χ1) is 12.7. The lowest BCUT2D eigenvalue weighted by Gasteiger charge is -2.33. The van der Waals surface area contributed by atoms with Crippen molar-refractivity contribution in [2.75, 3.05) is 18.4 Å². The van der Waals surface area contributed by atoms with Gasteiger partial charge in [0, 0.05) is 44.4 Å². The van der Waals surface area contributed by atoms with Gasteiger partial charge < -0.3 is 10.6 Å². The van der Waals surface area contributed by atoms with E-state index in [-0.39, 0.29) is 30.7 Å². The van der Waals surface area contributed by atoms with Crippen LogP contribution in [-0.2, 0) is 16.1 Å². The highest BCUT2D eigenvalue weighted by atomic mass is 32.1. The van der Waals surface area contributed by atoms with E-state index in [1.165, 1.54) is 16.9 Å². The molecule has 2 aromatic rings. The van der Waals surface area contributed by atoms with Crippen molar-refractivity contribution in [3.05, 3.63) is 35.6 Å². The molecule has 2 N–H and O–H groups in total. The Balaban J connectivity index is 1.38. The number of nitrogens with one attached hydrogen (secondary N) is 2. The van der Waals surface area contributed by atoms with Crippen molar-refractivity contribution in [3.63, 3.8) is 0 Å². The maximum Gasteiger partial charge on any atom is 0.226 e. The zero-order chi connectivity index (χ0) is 18.2. The summed E-state index contributed by atoms with van der Waals surface area (Å²) in [7, 11) is 0. The van der Waals surface area contributed by atoms with Gasteiger partial charge in [-0.15, -0.1) is 10.2 Å². The number of nitrogens with zero attached hydrogens (tertiary/aromatic N) is 4. The molecule has 138 valence electrons. The van der Waals surface area contributed by atoms with E-state index in [1.807, 2.05) is 12.3 Å². The monoisotopic (exact) mass is 374 g/mol. The number of likely N-dealkylation sites (tertiary alicyclic amines) is 1. The average molecular weight is 374 g/mol. The van der Waals surface area contributed by atoms with E-state index in [0.717, 1.165) is 32.5 Å². The first kappa shape index (κ1) is 18.4. The summed E-state index contributed by atoms with van der Waals surface area (Å²) in [6, 6.07) is 4.12. The summed E-state index contributed by atoms with van der Waals surface area (Å²) in [5, 5.41) is 13.5. The van der Waals surface area contributed by atoms with Crippen LogP contribution in [0.5, 0.6) is 0 Å². The zero-order valence-electron chi connectivity index (χ0n) is 14.4. The highest BCUT2D eigenvalue weighted by Gasteiger charge is 2.21. The standard InChI is InChI=1S/C17H22N6O2S/c24-15(5-6-16(25)21-17-22-19-12-26-17)20-14-4-2-8-23(11-14)10-13-3-1-7-18-9-13/h1,3,7,9,12,14H,2,4-6,8,10-11H2,(H,20,24)(H,21,22,25). The van der Waals surface area contributed by atoms with Crippen LogP contribution in [0.4, 0.5) is 5.13 Å². The lowest BCUT2D eigenvalue weighted by Crippen LogP contribution is -2.47. The van der Waals surface area contributed by atoms with Gasteiger partial charge in [-0.05, 0) is 31.0 Å². The summed E-state index contributed by atoms with van der Waals surface area (Å²) in [5.74, 6) is -0.315. The van der Waals surface area contributed by atoms with E-state index in [2.05, 4.69) is 36.8 Å². The Labute approximate surface area is 156 Å². The Morgan fingerprint density at radius 3 is 2.96 bits per heavy atom. The summed E-state index contributed by atoms with van der Waals surface area (Å²) >= 11 is 1.25. The van der Waals surface area contributed by atoms with Crippen molar-refractivity contribution in [3.8, 4) is 0 Å². The predicted molar refractivity (Wildman–Crippen MR) is 98.5 cm³/mol. The van der Waals surface area contributed by atoms with Crippen molar-refractivity contribution in [2.45, 2.75) is 38.3 Å². The van der Waals surface area contributed by atoms with Gasteiger partial charge in [-0.2, -0.15) is 0 Å². The fourth-order valence-corrected chi connectivity index (χ4v) is 3.46. The summed E-state index contributed by atoms with van der Waals surface area (Å²) in [4.78, 5) is 30.4. The van der Waals surface area contributed by atoms with Crippen molar-refractivity contribution in [1.82, 2.24) is 25.4 Å². The van der Waals surface area contributed by atoms with Crippen LogP contribution in [0.2, 0.25) is 0 Å². The van der Waals surface area contributed by atoms with Gasteiger partial charge in [0.1, 0.15) is 5.51 Å². The van der Waals surface area contributed by atoms with E-state index >= 15 is 0 Å². The molecule has 0 saturated carbocycles. The van der Waals surface area contributed by atoms with E-state index < -0.39 is 0 Å². The van der Waals surface area contributed by atoms with E-state index in [4.69, 9.17) is 0 Å². The molecule has 0 aromatic carbocycles. The minimum atomic E-state index is -0.223. The predicted octanol–water partition coefficient (Wildman–Crippen LogP) is 1.43. The summed E-state index contributed by atoms with van der Waals surface area (Å²) < 4.78 is 0. The molecule has 1 aliphatic rings. The molecule has 8 nitrogen and oxygen atoms in total. The highest BCUT2D eigenvalue weighted by molar-refractivity contribution is 7.13. The number of rotatable bonds is 7. The Kier molecular flexibility index (Phi) is 6.62. The SMILES string of the molecule is O=C(CCC(=O)NC1CCCN(Cc2cccnc2)C1)Nc1nncs1. The van der Waals surface area contributed by atoms with Crippen LogP contribution < -0.4 is 10.6 Å². The molecule has 0 bridgehead atoms. The van der Waals surface area contributed by atoms with Crippen molar-refractivity contribution in [1.29, 1.82) is 0 Å². The smallest absolute Gasteiger partial charge is 0.226 e. The van der Waals surface area contributed by atoms with Crippen LogP contribution in [0.3, 0.4) is 0 Å². The van der Waals surface area contributed by atoms with Gasteiger partial charge in [0.25, 0.3) is 0 Å².